The van der Waals surface area contributed by atoms with Gasteiger partial charge in [0.2, 0.25) is 0 Å². The third-order valence-corrected chi connectivity index (χ3v) is 4.82. The highest BCUT2D eigenvalue weighted by atomic mass is 32.1. The number of carbonyl (C=O) groups excluding carboxylic acids is 2. The first-order chi connectivity index (χ1) is 14.0. The second-order valence-corrected chi connectivity index (χ2v) is 6.95. The fraction of sp³-hybridized carbons (Fsp3) is 0.190. The summed E-state index contributed by atoms with van der Waals surface area (Å²) in [6.07, 6.45) is 0. The van der Waals surface area contributed by atoms with Gasteiger partial charge in [-0.1, -0.05) is 29.8 Å². The van der Waals surface area contributed by atoms with E-state index in [1.807, 2.05) is 36.6 Å². The number of nitrogens with zero attached hydrogens (tertiary/aromatic N) is 1. The molecular formula is C21H20N2O5S. The van der Waals surface area contributed by atoms with Crippen LogP contribution in [0.1, 0.15) is 15.9 Å². The molecule has 1 aromatic heterocycles. The molecule has 1 heterocycles. The van der Waals surface area contributed by atoms with Crippen LogP contribution in [0.15, 0.2) is 47.8 Å². The molecule has 0 atom stereocenters. The number of amides is 1. The Kier molecular flexibility index (Phi) is 6.46. The third-order valence-electron chi connectivity index (χ3n) is 4.06. The van der Waals surface area contributed by atoms with Gasteiger partial charge < -0.3 is 14.2 Å². The number of aromatic nitrogens is 1. The number of hydrogen-bond donors (Lipinski definition) is 1. The minimum atomic E-state index is -0.685. The van der Waals surface area contributed by atoms with E-state index in [2.05, 4.69) is 10.3 Å². The van der Waals surface area contributed by atoms with Gasteiger partial charge in [-0.25, -0.2) is 9.78 Å². The predicted octanol–water partition coefficient (Wildman–Crippen LogP) is 3.93. The van der Waals surface area contributed by atoms with Crippen molar-refractivity contribution in [2.24, 2.45) is 0 Å². The van der Waals surface area contributed by atoms with Gasteiger partial charge in [0.15, 0.2) is 11.7 Å². The van der Waals surface area contributed by atoms with Crippen LogP contribution in [0, 0.1) is 6.92 Å². The summed E-state index contributed by atoms with van der Waals surface area (Å²) in [6, 6.07) is 12.7. The molecule has 0 spiro atoms. The molecular weight excluding hydrogens is 392 g/mol. The standard InChI is InChI=1S/C21H20N2O5S/c1-13-4-6-14(7-5-13)17-12-29-21(22-17)23-19(24)11-28-20(25)16-10-15(26-2)8-9-18(16)27-3/h4-10,12H,11H2,1-3H3,(H,22,23,24). The molecule has 0 unspecified atom stereocenters. The summed E-state index contributed by atoms with van der Waals surface area (Å²) >= 11 is 1.30. The second-order valence-electron chi connectivity index (χ2n) is 6.09. The van der Waals surface area contributed by atoms with Crippen LogP contribution in [-0.2, 0) is 9.53 Å². The lowest BCUT2D eigenvalue weighted by molar-refractivity contribution is -0.119. The largest absolute Gasteiger partial charge is 0.497 e. The Morgan fingerprint density at radius 3 is 2.52 bits per heavy atom. The number of nitrogens with one attached hydrogen (secondary N) is 1. The first-order valence-corrected chi connectivity index (χ1v) is 9.59. The zero-order chi connectivity index (χ0) is 20.8. The molecule has 8 heteroatoms. The van der Waals surface area contributed by atoms with E-state index < -0.39 is 18.5 Å². The van der Waals surface area contributed by atoms with E-state index >= 15 is 0 Å². The van der Waals surface area contributed by atoms with E-state index in [0.717, 1.165) is 16.8 Å². The summed E-state index contributed by atoms with van der Waals surface area (Å²) in [7, 11) is 2.93. The van der Waals surface area contributed by atoms with Crippen molar-refractivity contribution in [3.63, 3.8) is 0 Å². The molecule has 0 saturated heterocycles. The number of carbonyl (C=O) groups is 2. The molecule has 29 heavy (non-hydrogen) atoms. The third kappa shape index (κ3) is 5.11. The molecule has 1 amide bonds. The number of benzene rings is 2. The Morgan fingerprint density at radius 2 is 1.83 bits per heavy atom. The highest BCUT2D eigenvalue weighted by Gasteiger charge is 2.17. The van der Waals surface area contributed by atoms with Crippen molar-refractivity contribution in [1.29, 1.82) is 0 Å². The molecule has 150 valence electrons. The quantitative estimate of drug-likeness (QED) is 0.592. The van der Waals surface area contributed by atoms with Crippen LogP contribution >= 0.6 is 11.3 Å². The molecule has 1 N–H and O–H groups in total. The molecule has 0 saturated carbocycles. The molecule has 0 aliphatic rings. The topological polar surface area (TPSA) is 86.8 Å². The Hall–Kier alpha value is -3.39. The van der Waals surface area contributed by atoms with E-state index in [9.17, 15) is 9.59 Å². The van der Waals surface area contributed by atoms with Crippen LogP contribution in [0.25, 0.3) is 11.3 Å². The minimum absolute atomic E-state index is 0.176. The Bertz CT molecular complexity index is 1010. The molecule has 3 rings (SSSR count). The Labute approximate surface area is 172 Å². The van der Waals surface area contributed by atoms with Crippen LogP contribution in [-0.4, -0.2) is 37.7 Å². The number of aryl methyl sites for hydroxylation is 1. The van der Waals surface area contributed by atoms with Crippen LogP contribution in [0.5, 0.6) is 11.5 Å². The summed E-state index contributed by atoms with van der Waals surface area (Å²) in [5.41, 5.74) is 3.06. The summed E-state index contributed by atoms with van der Waals surface area (Å²) in [5, 5.41) is 4.92. The lowest BCUT2D eigenvalue weighted by atomic mass is 10.1. The monoisotopic (exact) mass is 412 g/mol. The van der Waals surface area contributed by atoms with E-state index in [4.69, 9.17) is 14.2 Å². The molecule has 2 aromatic carbocycles. The van der Waals surface area contributed by atoms with Crippen molar-refractivity contribution in [2.45, 2.75) is 6.92 Å². The smallest absolute Gasteiger partial charge is 0.342 e. The molecule has 0 radical (unpaired) electrons. The first kappa shape index (κ1) is 20.3. The average Bonchev–Trinajstić information content (AvgIpc) is 3.20. The van der Waals surface area contributed by atoms with E-state index in [1.165, 1.54) is 31.6 Å². The van der Waals surface area contributed by atoms with Gasteiger partial charge in [0.05, 0.1) is 19.9 Å². The van der Waals surface area contributed by atoms with Crippen molar-refractivity contribution in [3.05, 3.63) is 59.0 Å². The molecule has 0 aliphatic carbocycles. The average molecular weight is 412 g/mol. The van der Waals surface area contributed by atoms with Gasteiger partial charge in [0.1, 0.15) is 17.1 Å². The van der Waals surface area contributed by atoms with E-state index in [-0.39, 0.29) is 5.56 Å². The fourth-order valence-corrected chi connectivity index (χ4v) is 3.26. The zero-order valence-electron chi connectivity index (χ0n) is 16.2. The van der Waals surface area contributed by atoms with Gasteiger partial charge in [0.25, 0.3) is 5.91 Å². The van der Waals surface area contributed by atoms with Crippen molar-refractivity contribution in [1.82, 2.24) is 4.98 Å². The summed E-state index contributed by atoms with van der Waals surface area (Å²) in [6.45, 7) is 1.57. The number of thiazole rings is 1. The normalized spacial score (nSPS) is 10.3. The summed E-state index contributed by atoms with van der Waals surface area (Å²) in [5.74, 6) is -0.354. The number of ether oxygens (including phenoxy) is 3. The molecule has 0 aliphatic heterocycles. The second kappa shape index (κ2) is 9.20. The molecule has 0 fully saturated rings. The summed E-state index contributed by atoms with van der Waals surface area (Å²) in [4.78, 5) is 28.8. The van der Waals surface area contributed by atoms with Gasteiger partial charge in [-0.15, -0.1) is 11.3 Å². The number of hydrogen-bond acceptors (Lipinski definition) is 7. The van der Waals surface area contributed by atoms with Gasteiger partial charge >= 0.3 is 5.97 Å². The first-order valence-electron chi connectivity index (χ1n) is 8.71. The number of esters is 1. The maximum Gasteiger partial charge on any atom is 0.342 e. The van der Waals surface area contributed by atoms with Crippen molar-refractivity contribution in [2.75, 3.05) is 26.1 Å². The zero-order valence-corrected chi connectivity index (χ0v) is 17.0. The van der Waals surface area contributed by atoms with Gasteiger partial charge in [-0.2, -0.15) is 0 Å². The van der Waals surface area contributed by atoms with E-state index in [0.29, 0.717) is 16.6 Å². The lowest BCUT2D eigenvalue weighted by Gasteiger charge is -2.10. The van der Waals surface area contributed by atoms with Crippen LogP contribution in [0.3, 0.4) is 0 Å². The predicted molar refractivity (Wildman–Crippen MR) is 111 cm³/mol. The Morgan fingerprint density at radius 1 is 1.07 bits per heavy atom. The van der Waals surface area contributed by atoms with Crippen LogP contribution in [0.4, 0.5) is 5.13 Å². The highest BCUT2D eigenvalue weighted by molar-refractivity contribution is 7.14. The molecule has 7 nitrogen and oxygen atoms in total. The maximum atomic E-state index is 12.3. The highest BCUT2D eigenvalue weighted by Crippen LogP contribution is 2.26. The van der Waals surface area contributed by atoms with Crippen molar-refractivity contribution in [3.8, 4) is 22.8 Å². The Balaban J connectivity index is 1.59. The van der Waals surface area contributed by atoms with Crippen LogP contribution < -0.4 is 14.8 Å². The minimum Gasteiger partial charge on any atom is -0.497 e. The lowest BCUT2D eigenvalue weighted by Crippen LogP contribution is -2.21. The van der Waals surface area contributed by atoms with Gasteiger partial charge in [0, 0.05) is 10.9 Å². The summed E-state index contributed by atoms with van der Waals surface area (Å²) < 4.78 is 15.4. The van der Waals surface area contributed by atoms with E-state index in [1.54, 1.807) is 12.1 Å². The number of anilines is 1. The van der Waals surface area contributed by atoms with Crippen molar-refractivity contribution < 1.29 is 23.8 Å². The molecule has 3 aromatic rings. The fourth-order valence-electron chi connectivity index (χ4n) is 2.53. The number of methoxy groups -OCH3 is 2. The maximum absolute atomic E-state index is 12.3. The van der Waals surface area contributed by atoms with Gasteiger partial charge in [-0.3, -0.25) is 10.1 Å². The van der Waals surface area contributed by atoms with Gasteiger partial charge in [-0.05, 0) is 25.1 Å². The number of rotatable bonds is 7. The van der Waals surface area contributed by atoms with Crippen LogP contribution in [0.2, 0.25) is 0 Å². The SMILES string of the molecule is COc1ccc(OC)c(C(=O)OCC(=O)Nc2nc(-c3ccc(C)cc3)cs2)c1. The molecule has 0 bridgehead atoms. The van der Waals surface area contributed by atoms with Crippen molar-refractivity contribution >= 4 is 28.3 Å².